The summed E-state index contributed by atoms with van der Waals surface area (Å²) in [5.41, 5.74) is 1.23. The smallest absolute Gasteiger partial charge is 0.354 e. The first-order chi connectivity index (χ1) is 17.1. The van der Waals surface area contributed by atoms with Crippen LogP contribution in [0.15, 0.2) is 36.5 Å². The summed E-state index contributed by atoms with van der Waals surface area (Å²) in [5.74, 6) is -0.842. The molecule has 1 aliphatic rings. The third-order valence-corrected chi connectivity index (χ3v) is 8.42. The van der Waals surface area contributed by atoms with Crippen LogP contribution in [0.1, 0.15) is 48.0 Å². The van der Waals surface area contributed by atoms with Gasteiger partial charge in [-0.05, 0) is 63.8 Å². The molecule has 0 bridgehead atoms. The number of carboxylic acids is 1. The fourth-order valence-electron chi connectivity index (χ4n) is 3.97. The van der Waals surface area contributed by atoms with Gasteiger partial charge in [-0.25, -0.2) is 32.3 Å². The van der Waals surface area contributed by atoms with Gasteiger partial charge >= 0.3 is 5.97 Å². The minimum atomic E-state index is -3.26. The highest BCUT2D eigenvalue weighted by molar-refractivity contribution is 7.89. The van der Waals surface area contributed by atoms with E-state index in [1.807, 2.05) is 13.0 Å². The van der Waals surface area contributed by atoms with Crippen molar-refractivity contribution < 1.29 is 27.4 Å². The zero-order chi connectivity index (χ0) is 25.9. The van der Waals surface area contributed by atoms with E-state index in [0.717, 1.165) is 10.6 Å². The van der Waals surface area contributed by atoms with Crippen molar-refractivity contribution in [3.05, 3.63) is 52.9 Å². The highest BCUT2D eigenvalue weighted by atomic mass is 32.2. The molecule has 4 rings (SSSR count). The maximum Gasteiger partial charge on any atom is 0.354 e. The van der Waals surface area contributed by atoms with Crippen molar-refractivity contribution in [1.29, 1.82) is 0 Å². The molecule has 1 aromatic carbocycles. The van der Waals surface area contributed by atoms with Gasteiger partial charge in [0.1, 0.15) is 11.6 Å². The van der Waals surface area contributed by atoms with E-state index in [1.54, 1.807) is 13.0 Å². The highest BCUT2D eigenvalue weighted by Crippen LogP contribution is 2.37. The summed E-state index contributed by atoms with van der Waals surface area (Å²) in [6.45, 7) is 3.51. The molecule has 3 N–H and O–H groups in total. The topological polar surface area (TPSA) is 131 Å². The molecule has 1 saturated carbocycles. The number of rotatable bonds is 9. The number of carbonyl (C=O) groups is 1. The lowest BCUT2D eigenvalue weighted by atomic mass is 9.93. The van der Waals surface area contributed by atoms with Crippen LogP contribution in [0, 0.1) is 12.7 Å². The lowest BCUT2D eigenvalue weighted by Gasteiger charge is -2.30. The molecular weight excluding hydrogens is 507 g/mol. The number of benzene rings is 1. The van der Waals surface area contributed by atoms with Crippen LogP contribution in [0.5, 0.6) is 5.75 Å². The predicted octanol–water partition coefficient (Wildman–Crippen LogP) is 4.72. The van der Waals surface area contributed by atoms with Crippen molar-refractivity contribution in [2.75, 3.05) is 11.1 Å². The second-order valence-corrected chi connectivity index (χ2v) is 11.8. The maximum atomic E-state index is 14.1. The molecule has 192 valence electrons. The van der Waals surface area contributed by atoms with E-state index in [4.69, 9.17) is 4.74 Å². The molecule has 9 nitrogen and oxygen atoms in total. The molecule has 0 saturated heterocycles. The lowest BCUT2D eigenvalue weighted by Crippen LogP contribution is -2.40. The largest absolute Gasteiger partial charge is 0.488 e. The molecule has 0 unspecified atom stereocenters. The molecular formula is C24H27FN4O5S2. The maximum absolute atomic E-state index is 14.1. The van der Waals surface area contributed by atoms with E-state index in [0.29, 0.717) is 47.8 Å². The molecule has 0 radical (unpaired) electrons. The Morgan fingerprint density at radius 3 is 2.64 bits per heavy atom. The number of nitrogens with zero attached hydrogens (tertiary/aromatic N) is 2. The standard InChI is InChI=1S/C24H27FN4O5S2/c1-3-36(32,33)29-16-5-7-17(8-6-16)34-21-12-15(25)4-9-18(21)27-20-13-22(35-14(20)2)23-26-11-10-19(28-23)24(30)31/h4,9-13,16-17,27,29H,3,5-8H2,1-2H3,(H,30,31). The molecule has 0 amide bonds. The molecule has 12 heteroatoms. The van der Waals surface area contributed by atoms with Crippen LogP contribution in [-0.2, 0) is 10.0 Å². The monoisotopic (exact) mass is 534 g/mol. The molecule has 3 aromatic rings. The molecule has 0 spiro atoms. The van der Waals surface area contributed by atoms with Crippen molar-refractivity contribution in [1.82, 2.24) is 14.7 Å². The molecule has 36 heavy (non-hydrogen) atoms. The zero-order valence-electron chi connectivity index (χ0n) is 19.8. The lowest BCUT2D eigenvalue weighted by molar-refractivity contribution is 0.0690. The number of ether oxygens (including phenoxy) is 1. The predicted molar refractivity (Wildman–Crippen MR) is 136 cm³/mol. The molecule has 0 aliphatic heterocycles. The van der Waals surface area contributed by atoms with Gasteiger partial charge in [0.05, 0.1) is 28.1 Å². The van der Waals surface area contributed by atoms with E-state index in [2.05, 4.69) is 20.0 Å². The Morgan fingerprint density at radius 2 is 1.94 bits per heavy atom. The van der Waals surface area contributed by atoms with Gasteiger partial charge < -0.3 is 15.2 Å². The van der Waals surface area contributed by atoms with E-state index in [1.165, 1.54) is 35.7 Å². The number of nitrogens with one attached hydrogen (secondary N) is 2. The van der Waals surface area contributed by atoms with Gasteiger partial charge in [-0.15, -0.1) is 11.3 Å². The fourth-order valence-corrected chi connectivity index (χ4v) is 5.80. The summed E-state index contributed by atoms with van der Waals surface area (Å²) in [6, 6.07) is 7.31. The van der Waals surface area contributed by atoms with Crippen molar-refractivity contribution in [2.45, 2.75) is 51.7 Å². The van der Waals surface area contributed by atoms with Crippen molar-refractivity contribution in [2.24, 2.45) is 0 Å². The van der Waals surface area contributed by atoms with Crippen LogP contribution in [0.4, 0.5) is 15.8 Å². The van der Waals surface area contributed by atoms with E-state index in [9.17, 15) is 22.7 Å². The van der Waals surface area contributed by atoms with Crippen LogP contribution >= 0.6 is 11.3 Å². The number of aryl methyl sites for hydroxylation is 1. The van der Waals surface area contributed by atoms with Crippen molar-refractivity contribution in [3.8, 4) is 16.5 Å². The number of halogens is 1. The van der Waals surface area contributed by atoms with Crippen LogP contribution in [-0.4, -0.2) is 47.4 Å². The van der Waals surface area contributed by atoms with Gasteiger partial charge in [0.25, 0.3) is 0 Å². The van der Waals surface area contributed by atoms with Gasteiger partial charge in [-0.1, -0.05) is 0 Å². The van der Waals surface area contributed by atoms with E-state index >= 15 is 0 Å². The average Bonchev–Trinajstić information content (AvgIpc) is 3.22. The minimum absolute atomic E-state index is 0.0442. The molecule has 2 aromatic heterocycles. The van der Waals surface area contributed by atoms with E-state index < -0.39 is 21.8 Å². The third kappa shape index (κ3) is 6.37. The van der Waals surface area contributed by atoms with Crippen LogP contribution in [0.3, 0.4) is 0 Å². The quantitative estimate of drug-likeness (QED) is 0.359. The summed E-state index contributed by atoms with van der Waals surface area (Å²) in [5, 5.41) is 12.5. The second kappa shape index (κ2) is 10.9. The normalized spacial score (nSPS) is 18.1. The second-order valence-electron chi connectivity index (χ2n) is 8.53. The van der Waals surface area contributed by atoms with Gasteiger partial charge in [0.15, 0.2) is 11.5 Å². The SMILES string of the molecule is CCS(=O)(=O)NC1CCC(Oc2cc(F)ccc2Nc2cc(-c3nccc(C(=O)O)n3)sc2C)CC1. The highest BCUT2D eigenvalue weighted by Gasteiger charge is 2.26. The third-order valence-electron chi connectivity index (χ3n) is 5.92. The summed E-state index contributed by atoms with van der Waals surface area (Å²) < 4.78 is 46.6. The minimum Gasteiger partial charge on any atom is -0.488 e. The molecule has 0 atom stereocenters. The van der Waals surface area contributed by atoms with Crippen LogP contribution in [0.2, 0.25) is 0 Å². The van der Waals surface area contributed by atoms with Gasteiger partial charge in [-0.3, -0.25) is 0 Å². The molecule has 1 fully saturated rings. The van der Waals surface area contributed by atoms with Gasteiger partial charge in [0.2, 0.25) is 10.0 Å². The Bertz CT molecular complexity index is 1350. The Morgan fingerprint density at radius 1 is 1.19 bits per heavy atom. The Hall–Kier alpha value is -3.09. The van der Waals surface area contributed by atoms with Crippen LogP contribution < -0.4 is 14.8 Å². The Balaban J connectivity index is 1.48. The number of carboxylic acid groups (broad SMARTS) is 1. The first-order valence-electron chi connectivity index (χ1n) is 11.5. The summed E-state index contributed by atoms with van der Waals surface area (Å²) in [6.07, 6.45) is 3.81. The Kier molecular flexibility index (Phi) is 7.86. The first kappa shape index (κ1) is 26.0. The zero-order valence-corrected chi connectivity index (χ0v) is 21.5. The molecule has 2 heterocycles. The number of hydrogen-bond donors (Lipinski definition) is 3. The van der Waals surface area contributed by atoms with Gasteiger partial charge in [-0.2, -0.15) is 0 Å². The summed E-state index contributed by atoms with van der Waals surface area (Å²) in [4.78, 5) is 21.1. The molecule has 1 aliphatic carbocycles. The van der Waals surface area contributed by atoms with Gasteiger partial charge in [0, 0.05) is 23.2 Å². The number of aromatic nitrogens is 2. The van der Waals surface area contributed by atoms with Crippen molar-refractivity contribution in [3.63, 3.8) is 0 Å². The number of anilines is 2. The number of hydrogen-bond acceptors (Lipinski definition) is 8. The first-order valence-corrected chi connectivity index (χ1v) is 14.0. The summed E-state index contributed by atoms with van der Waals surface area (Å²) in [7, 11) is -3.26. The fraction of sp³-hybridized carbons (Fsp3) is 0.375. The number of thiophene rings is 1. The van der Waals surface area contributed by atoms with Crippen molar-refractivity contribution >= 4 is 38.7 Å². The Labute approximate surface area is 212 Å². The number of sulfonamides is 1. The number of aromatic carboxylic acids is 1. The average molecular weight is 535 g/mol. The van der Waals surface area contributed by atoms with Crippen LogP contribution in [0.25, 0.3) is 10.7 Å². The van der Waals surface area contributed by atoms with E-state index in [-0.39, 0.29) is 23.6 Å². The summed E-state index contributed by atoms with van der Waals surface area (Å²) >= 11 is 1.41.